The highest BCUT2D eigenvalue weighted by atomic mass is 35.5. The van der Waals surface area contributed by atoms with Gasteiger partial charge in [0.2, 0.25) is 10.0 Å². The molecule has 0 radical (unpaired) electrons. The molecule has 0 aliphatic heterocycles. The average molecular weight is 418 g/mol. The van der Waals surface area contributed by atoms with Crippen molar-refractivity contribution in [2.75, 3.05) is 13.2 Å². The number of hydrogen-bond donors (Lipinski definition) is 3. The Labute approximate surface area is 162 Å². The Morgan fingerprint density at radius 3 is 2.56 bits per heavy atom. The van der Waals surface area contributed by atoms with E-state index < -0.39 is 34.5 Å². The fourth-order valence-corrected chi connectivity index (χ4v) is 3.28. The van der Waals surface area contributed by atoms with Crippen molar-refractivity contribution >= 4 is 39.5 Å². The molecule has 0 saturated heterocycles. The molecule has 0 bridgehead atoms. The van der Waals surface area contributed by atoms with Crippen molar-refractivity contribution < 1.29 is 27.5 Å². The van der Waals surface area contributed by atoms with Crippen LogP contribution in [0.3, 0.4) is 0 Å². The molecular weight excluding hydrogens is 398 g/mol. The van der Waals surface area contributed by atoms with Crippen molar-refractivity contribution in [3.8, 4) is 0 Å². The van der Waals surface area contributed by atoms with Crippen molar-refractivity contribution in [3.63, 3.8) is 0 Å². The monoisotopic (exact) mass is 417 g/mol. The normalized spacial score (nSPS) is 11.0. The number of benzene rings is 1. The average Bonchev–Trinajstić information content (AvgIpc) is 2.57. The van der Waals surface area contributed by atoms with Crippen LogP contribution in [0.5, 0.6) is 0 Å². The Morgan fingerprint density at radius 1 is 1.30 bits per heavy atom. The first-order chi connectivity index (χ1) is 12.6. The molecule has 3 N–H and O–H groups in total. The first-order valence-electron chi connectivity index (χ1n) is 7.74. The Morgan fingerprint density at radius 2 is 1.96 bits per heavy atom. The lowest BCUT2D eigenvalue weighted by molar-refractivity contribution is -0.123. The Bertz CT molecular complexity index is 839. The van der Waals surface area contributed by atoms with Crippen molar-refractivity contribution in [2.24, 2.45) is 0 Å². The number of imide groups is 1. The van der Waals surface area contributed by atoms with E-state index in [-0.39, 0.29) is 28.1 Å². The van der Waals surface area contributed by atoms with Gasteiger partial charge in [-0.2, -0.15) is 0 Å². The topological polar surface area (TPSA) is 131 Å². The number of sulfonamides is 1. The van der Waals surface area contributed by atoms with Crippen LogP contribution in [-0.4, -0.2) is 45.5 Å². The van der Waals surface area contributed by atoms with Crippen LogP contribution in [0, 0.1) is 0 Å². The summed E-state index contributed by atoms with van der Waals surface area (Å²) in [5.41, 5.74) is -0.127. The zero-order valence-electron chi connectivity index (χ0n) is 14.7. The van der Waals surface area contributed by atoms with Crippen LogP contribution >= 0.6 is 11.6 Å². The number of amides is 3. The summed E-state index contributed by atoms with van der Waals surface area (Å²) in [5.74, 6) is -1.79. The highest BCUT2D eigenvalue weighted by molar-refractivity contribution is 7.89. The second-order valence-corrected chi connectivity index (χ2v) is 7.68. The Balaban J connectivity index is 2.79. The molecule has 3 amide bonds. The van der Waals surface area contributed by atoms with Crippen molar-refractivity contribution in [1.82, 2.24) is 15.4 Å². The van der Waals surface area contributed by atoms with E-state index in [1.807, 2.05) is 5.32 Å². The predicted octanol–water partition coefficient (Wildman–Crippen LogP) is 1.20. The van der Waals surface area contributed by atoms with E-state index in [0.29, 0.717) is 0 Å². The first kappa shape index (κ1) is 22.6. The van der Waals surface area contributed by atoms with E-state index in [4.69, 9.17) is 16.3 Å². The Hall–Kier alpha value is -2.43. The lowest BCUT2D eigenvalue weighted by Crippen LogP contribution is -2.44. The van der Waals surface area contributed by atoms with Crippen molar-refractivity contribution in [3.05, 3.63) is 41.4 Å². The molecule has 0 aromatic heterocycles. The maximum Gasteiger partial charge on any atom is 0.338 e. The van der Waals surface area contributed by atoms with E-state index in [1.54, 1.807) is 13.8 Å². The maximum absolute atomic E-state index is 12.2. The van der Waals surface area contributed by atoms with Gasteiger partial charge in [0.25, 0.3) is 5.91 Å². The van der Waals surface area contributed by atoms with Gasteiger partial charge in [0.15, 0.2) is 6.61 Å². The fourth-order valence-electron chi connectivity index (χ4n) is 1.76. The Kier molecular flexibility index (Phi) is 8.41. The van der Waals surface area contributed by atoms with Gasteiger partial charge in [-0.1, -0.05) is 17.7 Å². The van der Waals surface area contributed by atoms with Gasteiger partial charge in [-0.15, -0.1) is 6.58 Å². The number of hydrogen-bond acceptors (Lipinski definition) is 6. The third-order valence-corrected chi connectivity index (χ3v) is 4.79. The smallest absolute Gasteiger partial charge is 0.338 e. The highest BCUT2D eigenvalue weighted by Crippen LogP contribution is 2.23. The standard InChI is InChI=1S/C16H20ClN3O6S/c1-4-7-18-27(24,25)13-8-11(5-6-12(13)17)15(22)26-9-14(21)20-16(23)19-10(2)3/h4-6,8,10,18H,1,7,9H2,2-3H3,(H2,19,20,21,23). The summed E-state index contributed by atoms with van der Waals surface area (Å²) in [6.45, 7) is 6.08. The third-order valence-electron chi connectivity index (χ3n) is 2.88. The van der Waals surface area contributed by atoms with Gasteiger partial charge in [-0.05, 0) is 32.0 Å². The summed E-state index contributed by atoms with van der Waals surface area (Å²) < 4.78 is 31.3. The summed E-state index contributed by atoms with van der Waals surface area (Å²) in [5, 5.41) is 4.33. The van der Waals surface area contributed by atoms with Gasteiger partial charge in [0, 0.05) is 12.6 Å². The number of urea groups is 1. The minimum atomic E-state index is -3.96. The molecular formula is C16H20ClN3O6S. The van der Waals surface area contributed by atoms with Crippen LogP contribution in [-0.2, 0) is 19.6 Å². The number of rotatable bonds is 8. The summed E-state index contributed by atoms with van der Waals surface area (Å²) in [6, 6.07) is 2.60. The molecule has 0 unspecified atom stereocenters. The van der Waals surface area contributed by atoms with Gasteiger partial charge >= 0.3 is 12.0 Å². The molecule has 0 aliphatic carbocycles. The number of carbonyl (C=O) groups is 3. The number of nitrogens with one attached hydrogen (secondary N) is 3. The quantitative estimate of drug-likeness (QED) is 0.430. The van der Waals surface area contributed by atoms with E-state index in [0.717, 1.165) is 6.07 Å². The predicted molar refractivity (Wildman–Crippen MR) is 98.9 cm³/mol. The lowest BCUT2D eigenvalue weighted by Gasteiger charge is -2.10. The number of esters is 1. The number of halogens is 1. The highest BCUT2D eigenvalue weighted by Gasteiger charge is 2.20. The zero-order valence-corrected chi connectivity index (χ0v) is 16.3. The molecule has 0 spiro atoms. The fraction of sp³-hybridized carbons (Fsp3) is 0.312. The van der Waals surface area contributed by atoms with Gasteiger partial charge < -0.3 is 10.1 Å². The molecule has 11 heteroatoms. The minimum absolute atomic E-state index is 0.0219. The van der Waals surface area contributed by atoms with Crippen LogP contribution < -0.4 is 15.4 Å². The number of ether oxygens (including phenoxy) is 1. The summed E-state index contributed by atoms with van der Waals surface area (Å²) in [4.78, 5) is 34.7. The molecule has 0 atom stereocenters. The van der Waals surface area contributed by atoms with Crippen molar-refractivity contribution in [1.29, 1.82) is 0 Å². The first-order valence-corrected chi connectivity index (χ1v) is 9.60. The van der Waals surface area contributed by atoms with Crippen molar-refractivity contribution in [2.45, 2.75) is 24.8 Å². The zero-order chi connectivity index (χ0) is 20.6. The molecule has 0 saturated carbocycles. The SMILES string of the molecule is C=CCNS(=O)(=O)c1cc(C(=O)OCC(=O)NC(=O)NC(C)C)ccc1Cl. The van der Waals surface area contributed by atoms with E-state index in [1.165, 1.54) is 18.2 Å². The largest absolute Gasteiger partial charge is 0.452 e. The summed E-state index contributed by atoms with van der Waals surface area (Å²) in [6.07, 6.45) is 1.34. The second-order valence-electron chi connectivity index (χ2n) is 5.54. The summed E-state index contributed by atoms with van der Waals surface area (Å²) >= 11 is 5.88. The van der Waals surface area contributed by atoms with E-state index in [2.05, 4.69) is 16.6 Å². The van der Waals surface area contributed by atoms with E-state index in [9.17, 15) is 22.8 Å². The van der Waals surface area contributed by atoms with E-state index >= 15 is 0 Å². The molecule has 1 aromatic carbocycles. The summed E-state index contributed by atoms with van der Waals surface area (Å²) in [7, 11) is -3.96. The van der Waals surface area contributed by atoms with Gasteiger partial charge in [-0.3, -0.25) is 10.1 Å². The minimum Gasteiger partial charge on any atom is -0.452 e. The van der Waals surface area contributed by atoms with Crippen LogP contribution in [0.4, 0.5) is 4.79 Å². The third kappa shape index (κ3) is 7.37. The molecule has 0 heterocycles. The second kappa shape index (κ2) is 10.0. The van der Waals surface area contributed by atoms with Crippen LogP contribution in [0.2, 0.25) is 5.02 Å². The van der Waals surface area contributed by atoms with Gasteiger partial charge in [-0.25, -0.2) is 22.7 Å². The maximum atomic E-state index is 12.2. The molecule has 0 fully saturated rings. The molecule has 1 rings (SSSR count). The van der Waals surface area contributed by atoms with Gasteiger partial charge in [0.05, 0.1) is 10.6 Å². The van der Waals surface area contributed by atoms with Crippen LogP contribution in [0.25, 0.3) is 0 Å². The number of carbonyl (C=O) groups excluding carboxylic acids is 3. The molecule has 9 nitrogen and oxygen atoms in total. The van der Waals surface area contributed by atoms with Crippen LogP contribution in [0.15, 0.2) is 35.7 Å². The van der Waals surface area contributed by atoms with Crippen LogP contribution in [0.1, 0.15) is 24.2 Å². The molecule has 27 heavy (non-hydrogen) atoms. The van der Waals surface area contributed by atoms with Gasteiger partial charge in [0.1, 0.15) is 4.90 Å². The lowest BCUT2D eigenvalue weighted by atomic mass is 10.2. The molecule has 0 aliphatic rings. The molecule has 148 valence electrons. The molecule has 1 aromatic rings.